The van der Waals surface area contributed by atoms with Crippen molar-refractivity contribution in [2.75, 3.05) is 0 Å². The Balaban J connectivity index is 2.67. The van der Waals surface area contributed by atoms with Gasteiger partial charge in [-0.2, -0.15) is 0 Å². The molecule has 0 aliphatic rings. The minimum Gasteiger partial charge on any atom is -0.477 e. The van der Waals surface area contributed by atoms with Gasteiger partial charge >= 0.3 is 5.97 Å². The first kappa shape index (κ1) is 8.73. The van der Waals surface area contributed by atoms with Crippen molar-refractivity contribution in [1.82, 2.24) is 0 Å². The molecular weight excluding hydrogens is 198 g/mol. The molecule has 3 nitrogen and oxygen atoms in total. The maximum Gasteiger partial charge on any atom is 0.345 e. The first-order valence-electron chi connectivity index (χ1n) is 3.85. The Kier molecular flexibility index (Phi) is 1.95. The minimum absolute atomic E-state index is 0.308. The van der Waals surface area contributed by atoms with Crippen LogP contribution in [0.1, 0.15) is 9.67 Å². The van der Waals surface area contributed by atoms with Crippen LogP contribution in [0.3, 0.4) is 0 Å². The Morgan fingerprint density at radius 2 is 2.21 bits per heavy atom. The summed E-state index contributed by atoms with van der Waals surface area (Å²) in [4.78, 5) is 14.3. The van der Waals surface area contributed by atoms with Gasteiger partial charge in [-0.15, -0.1) is 11.3 Å². The molecule has 0 aliphatic carbocycles. The maximum atomic E-state index is 10.7. The van der Waals surface area contributed by atoms with Gasteiger partial charge in [0, 0.05) is 4.70 Å². The second-order valence-corrected chi connectivity index (χ2v) is 3.83. The minimum atomic E-state index is -0.921. The second-order valence-electron chi connectivity index (χ2n) is 2.75. The molecular formula is C10H5NO2S. The number of carbonyl (C=O) groups is 1. The average Bonchev–Trinajstić information content (AvgIpc) is 2.59. The highest BCUT2D eigenvalue weighted by molar-refractivity contribution is 7.20. The number of aromatic carboxylic acids is 1. The van der Waals surface area contributed by atoms with Crippen LogP contribution in [0, 0.1) is 6.57 Å². The zero-order chi connectivity index (χ0) is 10.1. The lowest BCUT2D eigenvalue weighted by atomic mass is 10.2. The summed E-state index contributed by atoms with van der Waals surface area (Å²) in [6, 6.07) is 6.76. The van der Waals surface area contributed by atoms with Crippen molar-refractivity contribution < 1.29 is 9.90 Å². The van der Waals surface area contributed by atoms with E-state index >= 15 is 0 Å². The Labute approximate surface area is 84.0 Å². The molecule has 1 heterocycles. The van der Waals surface area contributed by atoms with Gasteiger partial charge in [-0.25, -0.2) is 9.64 Å². The van der Waals surface area contributed by atoms with Gasteiger partial charge in [-0.3, -0.25) is 0 Å². The van der Waals surface area contributed by atoms with Crippen LogP contribution in [0.5, 0.6) is 0 Å². The van der Waals surface area contributed by atoms with Gasteiger partial charge < -0.3 is 5.11 Å². The molecule has 4 heteroatoms. The molecule has 0 bridgehead atoms. The standard InChI is InChI=1S/C10H5NO2S/c1-11-7-2-3-8-6(4-7)5-9(14-8)10(12)13/h2-5H,(H,12,13). The number of benzene rings is 1. The summed E-state index contributed by atoms with van der Waals surface area (Å²) in [5.41, 5.74) is 0.534. The molecule has 0 atom stereocenters. The summed E-state index contributed by atoms with van der Waals surface area (Å²) in [5, 5.41) is 9.58. The highest BCUT2D eigenvalue weighted by Gasteiger charge is 2.07. The third-order valence-corrected chi connectivity index (χ3v) is 2.94. The van der Waals surface area contributed by atoms with Crippen LogP contribution < -0.4 is 0 Å². The van der Waals surface area contributed by atoms with Crippen LogP contribution in [0.15, 0.2) is 24.3 Å². The van der Waals surface area contributed by atoms with E-state index in [1.165, 1.54) is 11.3 Å². The second kappa shape index (κ2) is 3.13. The molecule has 1 aromatic heterocycles. The molecule has 1 N–H and O–H groups in total. The van der Waals surface area contributed by atoms with Crippen molar-refractivity contribution >= 4 is 33.1 Å². The van der Waals surface area contributed by atoms with Crippen LogP contribution in [0.25, 0.3) is 14.9 Å². The number of nitrogens with zero attached hydrogens (tertiary/aromatic N) is 1. The third-order valence-electron chi connectivity index (χ3n) is 1.84. The molecule has 0 spiro atoms. The van der Waals surface area contributed by atoms with Gasteiger partial charge in [0.2, 0.25) is 0 Å². The van der Waals surface area contributed by atoms with Gasteiger partial charge in [-0.1, -0.05) is 12.1 Å². The number of carboxylic acid groups (broad SMARTS) is 1. The third kappa shape index (κ3) is 1.34. The van der Waals surface area contributed by atoms with Crippen molar-refractivity contribution in [3.8, 4) is 0 Å². The highest BCUT2D eigenvalue weighted by Crippen LogP contribution is 2.28. The molecule has 0 saturated carbocycles. The van der Waals surface area contributed by atoms with E-state index in [4.69, 9.17) is 11.7 Å². The fourth-order valence-corrected chi connectivity index (χ4v) is 2.09. The molecule has 0 radical (unpaired) electrons. The summed E-state index contributed by atoms with van der Waals surface area (Å²) >= 11 is 1.22. The van der Waals surface area contributed by atoms with E-state index in [9.17, 15) is 4.79 Å². The van der Waals surface area contributed by atoms with Crippen LogP contribution in [0.4, 0.5) is 5.69 Å². The number of fused-ring (bicyclic) bond motifs is 1. The predicted molar refractivity (Wildman–Crippen MR) is 55.0 cm³/mol. The Morgan fingerprint density at radius 1 is 1.43 bits per heavy atom. The first-order chi connectivity index (χ1) is 6.70. The lowest BCUT2D eigenvalue weighted by Crippen LogP contribution is -1.89. The molecule has 0 amide bonds. The molecule has 2 aromatic rings. The van der Waals surface area contributed by atoms with Crippen molar-refractivity contribution in [3.05, 3.63) is 40.6 Å². The molecule has 0 aliphatic heterocycles. The summed E-state index contributed by atoms with van der Waals surface area (Å²) in [7, 11) is 0. The molecule has 0 fully saturated rings. The number of carboxylic acids is 1. The average molecular weight is 203 g/mol. The Morgan fingerprint density at radius 3 is 2.86 bits per heavy atom. The van der Waals surface area contributed by atoms with Crippen LogP contribution in [-0.4, -0.2) is 11.1 Å². The van der Waals surface area contributed by atoms with E-state index in [2.05, 4.69) is 4.85 Å². The number of thiophene rings is 1. The normalized spacial score (nSPS) is 9.93. The lowest BCUT2D eigenvalue weighted by molar-refractivity contribution is 0.0702. The topological polar surface area (TPSA) is 41.7 Å². The summed E-state index contributed by atoms with van der Waals surface area (Å²) in [6.07, 6.45) is 0. The fraction of sp³-hybridized carbons (Fsp3) is 0. The van der Waals surface area contributed by atoms with Crippen LogP contribution >= 0.6 is 11.3 Å². The van der Waals surface area contributed by atoms with Crippen molar-refractivity contribution in [2.45, 2.75) is 0 Å². The van der Waals surface area contributed by atoms with Crippen molar-refractivity contribution in [3.63, 3.8) is 0 Å². The highest BCUT2D eigenvalue weighted by atomic mass is 32.1. The quantitative estimate of drug-likeness (QED) is 0.723. The summed E-state index contributed by atoms with van der Waals surface area (Å²) in [5.74, 6) is -0.921. The number of hydrogen-bond acceptors (Lipinski definition) is 2. The molecule has 1 aromatic carbocycles. The zero-order valence-corrected chi connectivity index (χ0v) is 7.84. The smallest absolute Gasteiger partial charge is 0.345 e. The van der Waals surface area contributed by atoms with Crippen molar-refractivity contribution in [1.29, 1.82) is 0 Å². The zero-order valence-electron chi connectivity index (χ0n) is 7.02. The lowest BCUT2D eigenvalue weighted by Gasteiger charge is -1.88. The van der Waals surface area contributed by atoms with E-state index < -0.39 is 5.97 Å². The monoisotopic (exact) mass is 203 g/mol. The molecule has 14 heavy (non-hydrogen) atoms. The van der Waals surface area contributed by atoms with E-state index in [1.54, 1.807) is 24.3 Å². The molecule has 0 saturated heterocycles. The molecule has 0 unspecified atom stereocenters. The number of rotatable bonds is 1. The summed E-state index contributed by atoms with van der Waals surface area (Å²) < 4.78 is 0.898. The van der Waals surface area contributed by atoms with Gasteiger partial charge in [0.15, 0.2) is 5.69 Å². The van der Waals surface area contributed by atoms with E-state index in [0.717, 1.165) is 10.1 Å². The number of hydrogen-bond donors (Lipinski definition) is 1. The van der Waals surface area contributed by atoms with Gasteiger partial charge in [-0.05, 0) is 17.5 Å². The van der Waals surface area contributed by atoms with Gasteiger partial charge in [0.05, 0.1) is 6.57 Å². The van der Waals surface area contributed by atoms with Crippen LogP contribution in [-0.2, 0) is 0 Å². The van der Waals surface area contributed by atoms with E-state index in [0.29, 0.717) is 10.6 Å². The largest absolute Gasteiger partial charge is 0.477 e. The van der Waals surface area contributed by atoms with Gasteiger partial charge in [0.25, 0.3) is 0 Å². The van der Waals surface area contributed by atoms with Crippen LogP contribution in [0.2, 0.25) is 0 Å². The fourth-order valence-electron chi connectivity index (χ4n) is 1.21. The maximum absolute atomic E-state index is 10.7. The van der Waals surface area contributed by atoms with Gasteiger partial charge in [0.1, 0.15) is 4.88 Å². The molecule has 2 rings (SSSR count). The first-order valence-corrected chi connectivity index (χ1v) is 4.67. The Bertz CT molecular complexity index is 551. The molecule has 68 valence electrons. The SMILES string of the molecule is [C-]#[N+]c1ccc2sc(C(=O)O)cc2c1. The van der Waals surface area contributed by atoms with Crippen molar-refractivity contribution in [2.24, 2.45) is 0 Å². The van der Waals surface area contributed by atoms with E-state index in [1.807, 2.05) is 0 Å². The Hall–Kier alpha value is -1.86. The predicted octanol–water partition coefficient (Wildman–Crippen LogP) is 3.15. The van der Waals surface area contributed by atoms with E-state index in [-0.39, 0.29) is 0 Å². The summed E-state index contributed by atoms with van der Waals surface area (Å²) in [6.45, 7) is 6.82.